The number of hydrogen-bond acceptors (Lipinski definition) is 2. The Balaban J connectivity index is 2.72. The van der Waals surface area contributed by atoms with Crippen LogP contribution in [0, 0.1) is 0 Å². The first-order valence-corrected chi connectivity index (χ1v) is 4.04. The van der Waals surface area contributed by atoms with Crippen molar-refractivity contribution in [1.29, 1.82) is 0 Å². The van der Waals surface area contributed by atoms with Crippen LogP contribution in [0.1, 0.15) is 6.42 Å². The van der Waals surface area contributed by atoms with E-state index < -0.39 is 15.1 Å². The highest BCUT2D eigenvalue weighted by Gasteiger charge is 2.71. The van der Waals surface area contributed by atoms with Gasteiger partial charge in [-0.15, -0.1) is 11.6 Å². The van der Waals surface area contributed by atoms with Gasteiger partial charge in [-0.2, -0.15) is 0 Å². The molecule has 1 amide bonds. The summed E-state index contributed by atoms with van der Waals surface area (Å²) in [6, 6.07) is 0. The molecule has 64 valence electrons. The van der Waals surface area contributed by atoms with E-state index in [4.69, 9.17) is 40.6 Å². The molecule has 0 spiro atoms. The number of halogens is 3. The lowest BCUT2D eigenvalue weighted by atomic mass is 10.4. The minimum Gasteiger partial charge on any atom is -0.282 e. The first-order chi connectivity index (χ1) is 4.81. The van der Waals surface area contributed by atoms with E-state index in [-0.39, 0.29) is 6.42 Å². The van der Waals surface area contributed by atoms with Crippen molar-refractivity contribution in [3.63, 3.8) is 0 Å². The SMILES string of the molecule is CN(N)C(=O)C1(Cl)CC1(Cl)Cl. The Bertz CT molecular complexity index is 206. The molecule has 0 saturated heterocycles. The Morgan fingerprint density at radius 1 is 1.55 bits per heavy atom. The molecule has 0 bridgehead atoms. The second kappa shape index (κ2) is 2.39. The van der Waals surface area contributed by atoms with Gasteiger partial charge in [-0.3, -0.25) is 9.80 Å². The van der Waals surface area contributed by atoms with E-state index in [9.17, 15) is 4.79 Å². The van der Waals surface area contributed by atoms with Gasteiger partial charge in [0.05, 0.1) is 0 Å². The van der Waals surface area contributed by atoms with Gasteiger partial charge >= 0.3 is 0 Å². The zero-order chi connectivity index (χ0) is 8.86. The molecule has 1 rings (SSSR count). The number of carbonyl (C=O) groups is 1. The number of nitrogens with zero attached hydrogens (tertiary/aromatic N) is 1. The van der Waals surface area contributed by atoms with Gasteiger partial charge in [0.25, 0.3) is 5.91 Å². The van der Waals surface area contributed by atoms with Gasteiger partial charge in [0.2, 0.25) is 0 Å². The lowest BCUT2D eigenvalue weighted by molar-refractivity contribution is -0.130. The fourth-order valence-corrected chi connectivity index (χ4v) is 1.81. The number of nitrogens with two attached hydrogens (primary N) is 1. The molecule has 0 aromatic carbocycles. The Morgan fingerprint density at radius 3 is 2.00 bits per heavy atom. The van der Waals surface area contributed by atoms with Gasteiger partial charge < -0.3 is 0 Å². The van der Waals surface area contributed by atoms with Crippen molar-refractivity contribution in [2.75, 3.05) is 7.05 Å². The zero-order valence-electron chi connectivity index (χ0n) is 5.77. The van der Waals surface area contributed by atoms with E-state index in [2.05, 4.69) is 0 Å². The van der Waals surface area contributed by atoms with Crippen molar-refractivity contribution >= 4 is 40.7 Å². The monoisotopic (exact) mass is 216 g/mol. The summed E-state index contributed by atoms with van der Waals surface area (Å²) in [5.74, 6) is 4.71. The van der Waals surface area contributed by atoms with Crippen LogP contribution in [-0.2, 0) is 4.79 Å². The first kappa shape index (κ1) is 9.39. The van der Waals surface area contributed by atoms with Crippen LogP contribution in [0.2, 0.25) is 0 Å². The van der Waals surface area contributed by atoms with Crippen LogP contribution in [0.25, 0.3) is 0 Å². The molecule has 2 N–H and O–H groups in total. The molecule has 1 atom stereocenters. The van der Waals surface area contributed by atoms with Gasteiger partial charge in [-0.1, -0.05) is 23.2 Å². The summed E-state index contributed by atoms with van der Waals surface area (Å²) in [5.41, 5.74) is 0. The lowest BCUT2D eigenvalue weighted by Gasteiger charge is -2.14. The van der Waals surface area contributed by atoms with Gasteiger partial charge in [-0.25, -0.2) is 5.84 Å². The smallest absolute Gasteiger partial charge is 0.260 e. The Kier molecular flexibility index (Phi) is 2.04. The van der Waals surface area contributed by atoms with Crippen LogP contribution in [0.5, 0.6) is 0 Å². The van der Waals surface area contributed by atoms with Crippen LogP contribution in [0.4, 0.5) is 0 Å². The van der Waals surface area contributed by atoms with Crippen molar-refractivity contribution in [3.8, 4) is 0 Å². The number of rotatable bonds is 1. The molecule has 1 aliphatic carbocycles. The summed E-state index contributed by atoms with van der Waals surface area (Å²) in [6.07, 6.45) is 0.241. The standard InChI is InChI=1S/C5H7Cl3N2O/c1-10(9)3(11)4(6)2-5(4,7)8/h2,9H2,1H3. The summed E-state index contributed by atoms with van der Waals surface area (Å²) >= 11 is 17.0. The van der Waals surface area contributed by atoms with Crippen LogP contribution in [-0.4, -0.2) is 27.2 Å². The maximum atomic E-state index is 11.1. The van der Waals surface area contributed by atoms with Crippen LogP contribution >= 0.6 is 34.8 Å². The molecular formula is C5H7Cl3N2O. The van der Waals surface area contributed by atoms with E-state index in [1.807, 2.05) is 0 Å². The highest BCUT2D eigenvalue weighted by molar-refractivity contribution is 6.62. The molecule has 1 unspecified atom stereocenters. The highest BCUT2D eigenvalue weighted by atomic mass is 35.5. The molecule has 11 heavy (non-hydrogen) atoms. The van der Waals surface area contributed by atoms with Crippen molar-refractivity contribution in [2.24, 2.45) is 5.84 Å². The fraction of sp³-hybridized carbons (Fsp3) is 0.800. The van der Waals surface area contributed by atoms with Gasteiger partial charge in [0.1, 0.15) is 4.33 Å². The third-order valence-corrected chi connectivity index (χ3v) is 3.30. The molecule has 0 radical (unpaired) electrons. The molecule has 0 aliphatic heterocycles. The third kappa shape index (κ3) is 1.31. The first-order valence-electron chi connectivity index (χ1n) is 2.91. The van der Waals surface area contributed by atoms with Crippen LogP contribution in [0.3, 0.4) is 0 Å². The number of carbonyl (C=O) groups excluding carboxylic acids is 1. The number of alkyl halides is 3. The number of hydrazine groups is 1. The predicted molar refractivity (Wildman–Crippen MR) is 44.6 cm³/mol. The van der Waals surface area contributed by atoms with Crippen LogP contribution in [0.15, 0.2) is 0 Å². The number of amides is 1. The highest BCUT2D eigenvalue weighted by Crippen LogP contribution is 2.61. The summed E-state index contributed by atoms with van der Waals surface area (Å²) in [4.78, 5) is 9.93. The van der Waals surface area contributed by atoms with Crippen molar-refractivity contribution in [2.45, 2.75) is 15.6 Å². The molecule has 1 saturated carbocycles. The van der Waals surface area contributed by atoms with E-state index in [0.29, 0.717) is 0 Å². The second-order valence-electron chi connectivity index (χ2n) is 2.60. The maximum absolute atomic E-state index is 11.1. The topological polar surface area (TPSA) is 46.3 Å². The van der Waals surface area contributed by atoms with E-state index in [0.717, 1.165) is 5.01 Å². The molecule has 1 fully saturated rings. The Morgan fingerprint density at radius 2 is 1.91 bits per heavy atom. The molecule has 0 heterocycles. The third-order valence-electron chi connectivity index (χ3n) is 1.58. The fourth-order valence-electron chi connectivity index (χ4n) is 0.773. The maximum Gasteiger partial charge on any atom is 0.260 e. The summed E-state index contributed by atoms with van der Waals surface area (Å²) in [6.45, 7) is 0. The van der Waals surface area contributed by atoms with Crippen molar-refractivity contribution in [1.82, 2.24) is 5.01 Å². The quantitative estimate of drug-likeness (QED) is 0.307. The van der Waals surface area contributed by atoms with Gasteiger partial charge in [-0.05, 0) is 0 Å². The van der Waals surface area contributed by atoms with Crippen molar-refractivity contribution in [3.05, 3.63) is 0 Å². The van der Waals surface area contributed by atoms with Gasteiger partial charge in [0.15, 0.2) is 4.87 Å². The molecule has 1 aliphatic rings. The van der Waals surface area contributed by atoms with E-state index in [1.165, 1.54) is 7.05 Å². The summed E-state index contributed by atoms with van der Waals surface area (Å²) in [5, 5.41) is 0.888. The largest absolute Gasteiger partial charge is 0.282 e. The van der Waals surface area contributed by atoms with E-state index >= 15 is 0 Å². The molecule has 0 aromatic heterocycles. The van der Waals surface area contributed by atoms with Gasteiger partial charge in [0, 0.05) is 13.5 Å². The predicted octanol–water partition coefficient (Wildman–Crippen LogP) is 0.874. The molecule has 0 aromatic rings. The van der Waals surface area contributed by atoms with Crippen LogP contribution < -0.4 is 5.84 Å². The molecule has 3 nitrogen and oxygen atoms in total. The summed E-state index contributed by atoms with van der Waals surface area (Å²) in [7, 11) is 1.40. The average Bonchev–Trinajstić information content (AvgIpc) is 2.32. The number of hydrogen-bond donors (Lipinski definition) is 1. The van der Waals surface area contributed by atoms with Crippen molar-refractivity contribution < 1.29 is 4.79 Å². The Labute approximate surface area is 79.3 Å². The average molecular weight is 217 g/mol. The second-order valence-corrected chi connectivity index (χ2v) is 4.73. The Hall–Kier alpha value is 0.300. The zero-order valence-corrected chi connectivity index (χ0v) is 8.04. The minimum atomic E-state index is -1.21. The molecule has 6 heteroatoms. The summed E-state index contributed by atoms with van der Waals surface area (Å²) < 4.78 is -1.15. The minimum absolute atomic E-state index is 0.241. The molecular weight excluding hydrogens is 210 g/mol. The normalized spacial score (nSPS) is 33.2. The lowest BCUT2D eigenvalue weighted by Crippen LogP contribution is -2.42. The van der Waals surface area contributed by atoms with E-state index in [1.54, 1.807) is 0 Å².